The van der Waals surface area contributed by atoms with Gasteiger partial charge < -0.3 is 4.74 Å². The Hall–Kier alpha value is -2.19. The van der Waals surface area contributed by atoms with E-state index in [0.717, 1.165) is 28.2 Å². The summed E-state index contributed by atoms with van der Waals surface area (Å²) in [5, 5.41) is 0. The molecule has 1 unspecified atom stereocenters. The molecule has 0 spiro atoms. The van der Waals surface area contributed by atoms with Crippen LogP contribution in [0, 0.1) is 0 Å². The second kappa shape index (κ2) is 10.4. The van der Waals surface area contributed by atoms with Crippen LogP contribution in [-0.4, -0.2) is 31.1 Å². The van der Waals surface area contributed by atoms with Gasteiger partial charge in [0.15, 0.2) is 5.78 Å². The Morgan fingerprint density at radius 3 is 2.52 bits per heavy atom. The first kappa shape index (κ1) is 24.0. The quantitative estimate of drug-likeness (QED) is 0.365. The number of sulfonamides is 1. The van der Waals surface area contributed by atoms with E-state index in [4.69, 9.17) is 16.3 Å². The highest BCUT2D eigenvalue weighted by Gasteiger charge is 2.40. The van der Waals surface area contributed by atoms with E-state index in [2.05, 4.69) is 0 Å². The van der Waals surface area contributed by atoms with Gasteiger partial charge in [-0.3, -0.25) is 4.79 Å². The third kappa shape index (κ3) is 5.66. The zero-order valence-corrected chi connectivity index (χ0v) is 20.7. The number of benzene rings is 2. The van der Waals surface area contributed by atoms with Crippen LogP contribution in [-0.2, 0) is 21.4 Å². The van der Waals surface area contributed by atoms with Gasteiger partial charge in [0.1, 0.15) is 16.6 Å². The molecule has 2 aromatic carbocycles. The van der Waals surface area contributed by atoms with Gasteiger partial charge in [-0.25, -0.2) is 8.42 Å². The summed E-state index contributed by atoms with van der Waals surface area (Å²) < 4.78 is 33.8. The van der Waals surface area contributed by atoms with Gasteiger partial charge in [-0.05, 0) is 54.2 Å². The fourth-order valence-corrected chi connectivity index (χ4v) is 7.37. The van der Waals surface area contributed by atoms with E-state index < -0.39 is 16.1 Å². The van der Waals surface area contributed by atoms with Crippen molar-refractivity contribution in [3.05, 3.63) is 82.2 Å². The highest BCUT2D eigenvalue weighted by Crippen LogP contribution is 2.33. The molecule has 5 nitrogen and oxygen atoms in total. The molecular weight excluding hydrogens is 478 g/mol. The van der Waals surface area contributed by atoms with Crippen molar-refractivity contribution >= 4 is 38.7 Å². The van der Waals surface area contributed by atoms with Gasteiger partial charge in [-0.15, -0.1) is 11.3 Å². The van der Waals surface area contributed by atoms with Crippen LogP contribution in [0.2, 0.25) is 4.34 Å². The summed E-state index contributed by atoms with van der Waals surface area (Å²) in [6.07, 6.45) is 1.53. The van der Waals surface area contributed by atoms with E-state index in [-0.39, 0.29) is 15.9 Å². The van der Waals surface area contributed by atoms with Crippen LogP contribution in [0.1, 0.15) is 43.2 Å². The van der Waals surface area contributed by atoms with Gasteiger partial charge in [0.25, 0.3) is 10.0 Å². The van der Waals surface area contributed by atoms with Crippen molar-refractivity contribution in [1.29, 1.82) is 0 Å². The fourth-order valence-electron chi connectivity index (χ4n) is 4.08. The molecular formula is C25H26ClNO4S2. The lowest BCUT2D eigenvalue weighted by molar-refractivity contribution is -0.122. The number of thiophene rings is 1. The van der Waals surface area contributed by atoms with Crippen LogP contribution in [0.5, 0.6) is 5.75 Å². The summed E-state index contributed by atoms with van der Waals surface area (Å²) in [5.74, 6) is 0.770. The number of para-hydroxylation sites is 1. The molecule has 1 saturated heterocycles. The summed E-state index contributed by atoms with van der Waals surface area (Å²) in [7, 11) is -3.71. The molecule has 1 aliphatic heterocycles. The Balaban J connectivity index is 1.37. The molecule has 2 heterocycles. The molecule has 1 aliphatic rings. The van der Waals surface area contributed by atoms with Gasteiger partial charge in [0.2, 0.25) is 0 Å². The number of halogens is 1. The smallest absolute Gasteiger partial charge is 0.253 e. The first-order valence-corrected chi connectivity index (χ1v) is 13.5. The van der Waals surface area contributed by atoms with Gasteiger partial charge >= 0.3 is 0 Å². The average molecular weight is 504 g/mol. The first-order chi connectivity index (χ1) is 15.8. The molecule has 4 rings (SSSR count). The molecule has 33 heavy (non-hydrogen) atoms. The lowest BCUT2D eigenvalue weighted by Crippen LogP contribution is -2.40. The lowest BCUT2D eigenvalue weighted by Gasteiger charge is -2.23. The van der Waals surface area contributed by atoms with Gasteiger partial charge in [-0.1, -0.05) is 61.0 Å². The summed E-state index contributed by atoms with van der Waals surface area (Å²) in [6.45, 7) is 2.83. The minimum atomic E-state index is -3.71. The van der Waals surface area contributed by atoms with Crippen LogP contribution in [0.15, 0.2) is 70.9 Å². The van der Waals surface area contributed by atoms with Crippen molar-refractivity contribution < 1.29 is 17.9 Å². The van der Waals surface area contributed by atoms with Crippen molar-refractivity contribution in [3.8, 4) is 5.75 Å². The minimum absolute atomic E-state index is 0.0112. The van der Waals surface area contributed by atoms with Gasteiger partial charge in [0.05, 0.1) is 10.4 Å². The lowest BCUT2D eigenvalue weighted by atomic mass is 9.92. The minimum Gasteiger partial charge on any atom is -0.489 e. The van der Waals surface area contributed by atoms with Crippen LogP contribution < -0.4 is 4.74 Å². The van der Waals surface area contributed by atoms with E-state index in [0.29, 0.717) is 36.8 Å². The van der Waals surface area contributed by atoms with E-state index in [1.54, 1.807) is 6.07 Å². The first-order valence-electron chi connectivity index (χ1n) is 10.9. The third-order valence-corrected chi connectivity index (χ3v) is 9.50. The number of hydrogen-bond donors (Lipinski definition) is 0. The summed E-state index contributed by atoms with van der Waals surface area (Å²) in [4.78, 5) is 13.1. The maximum atomic E-state index is 13.1. The van der Waals surface area contributed by atoms with E-state index in [9.17, 15) is 13.2 Å². The normalized spacial score (nSPS) is 17.7. The van der Waals surface area contributed by atoms with Gasteiger partial charge in [0, 0.05) is 13.0 Å². The van der Waals surface area contributed by atoms with Crippen molar-refractivity contribution in [2.75, 3.05) is 6.54 Å². The van der Waals surface area contributed by atoms with Crippen molar-refractivity contribution in [3.63, 3.8) is 0 Å². The SMILES string of the molecule is CC(CC(=O)[C@@H]1CCCN1S(=O)(=O)c1ccc(Cl)s1)c1ccc(COc2ccccc2)cc1. The number of ketones is 1. The van der Waals surface area contributed by atoms with Crippen LogP contribution >= 0.6 is 22.9 Å². The van der Waals surface area contributed by atoms with Crippen molar-refractivity contribution in [1.82, 2.24) is 4.31 Å². The highest BCUT2D eigenvalue weighted by molar-refractivity contribution is 7.91. The van der Waals surface area contributed by atoms with Crippen molar-refractivity contribution in [2.45, 2.75) is 49.0 Å². The average Bonchev–Trinajstić information content (AvgIpc) is 3.49. The Labute approximate surface area is 204 Å². The van der Waals surface area contributed by atoms with Crippen LogP contribution in [0.3, 0.4) is 0 Å². The van der Waals surface area contributed by atoms with E-state index >= 15 is 0 Å². The van der Waals surface area contributed by atoms with Gasteiger partial charge in [-0.2, -0.15) is 4.31 Å². The third-order valence-electron chi connectivity index (χ3n) is 5.89. The monoisotopic (exact) mass is 503 g/mol. The molecule has 0 bridgehead atoms. The molecule has 0 saturated carbocycles. The number of carbonyl (C=O) groups is 1. The molecule has 3 aromatic rings. The molecule has 0 aliphatic carbocycles. The summed E-state index contributed by atoms with van der Waals surface area (Å²) in [5.41, 5.74) is 2.09. The number of ether oxygens (including phenoxy) is 1. The molecule has 1 fully saturated rings. The molecule has 0 N–H and O–H groups in total. The second-order valence-corrected chi connectivity index (χ2v) is 12.1. The maximum Gasteiger partial charge on any atom is 0.253 e. The molecule has 8 heteroatoms. The highest BCUT2D eigenvalue weighted by atomic mass is 35.5. The largest absolute Gasteiger partial charge is 0.489 e. The Kier molecular flexibility index (Phi) is 7.54. The molecule has 174 valence electrons. The molecule has 0 radical (unpaired) electrons. The fraction of sp³-hybridized carbons (Fsp3) is 0.320. The van der Waals surface area contributed by atoms with Crippen LogP contribution in [0.25, 0.3) is 0 Å². The zero-order chi connectivity index (χ0) is 23.4. The predicted octanol–water partition coefficient (Wildman–Crippen LogP) is 5.90. The topological polar surface area (TPSA) is 63.7 Å². The van der Waals surface area contributed by atoms with Crippen LogP contribution in [0.4, 0.5) is 0 Å². The van der Waals surface area contributed by atoms with E-state index in [1.807, 2.05) is 61.5 Å². The zero-order valence-electron chi connectivity index (χ0n) is 18.3. The maximum absolute atomic E-state index is 13.1. The number of hydrogen-bond acceptors (Lipinski definition) is 5. The number of nitrogens with zero attached hydrogens (tertiary/aromatic N) is 1. The summed E-state index contributed by atoms with van der Waals surface area (Å²) in [6, 6.07) is 20.2. The van der Waals surface area contributed by atoms with Crippen molar-refractivity contribution in [2.24, 2.45) is 0 Å². The number of rotatable bonds is 9. The standard InChI is InChI=1S/C25H26ClNO4S2/c1-18(20-11-9-19(10-12-20)17-31-21-6-3-2-4-7-21)16-23(28)22-8-5-15-27(22)33(29,30)25-14-13-24(26)32-25/h2-4,6-7,9-14,18,22H,5,8,15-17H2,1H3/t18?,22-/m0/s1. The number of carbonyl (C=O) groups excluding carboxylic acids is 1. The predicted molar refractivity (Wildman–Crippen MR) is 131 cm³/mol. The molecule has 1 aromatic heterocycles. The second-order valence-electron chi connectivity index (χ2n) is 8.25. The summed E-state index contributed by atoms with van der Waals surface area (Å²) >= 11 is 6.96. The molecule has 2 atom stereocenters. The Morgan fingerprint density at radius 1 is 1.12 bits per heavy atom. The molecule has 0 amide bonds. The number of Topliss-reactive ketones (excluding diaryl/α,β-unsaturated/α-hetero) is 1. The Bertz CT molecular complexity index is 1190. The van der Waals surface area contributed by atoms with E-state index in [1.165, 1.54) is 10.4 Å². The Morgan fingerprint density at radius 2 is 1.85 bits per heavy atom.